The summed E-state index contributed by atoms with van der Waals surface area (Å²) in [5, 5.41) is 6.06. The molecule has 0 radical (unpaired) electrons. The molecule has 0 bridgehead atoms. The van der Waals surface area contributed by atoms with E-state index in [-0.39, 0.29) is 18.5 Å². The Morgan fingerprint density at radius 3 is 2.81 bits per heavy atom. The highest BCUT2D eigenvalue weighted by Gasteiger charge is 2.51. The molecule has 1 aromatic rings. The van der Waals surface area contributed by atoms with Gasteiger partial charge in [-0.3, -0.25) is 9.69 Å². The van der Waals surface area contributed by atoms with Crippen LogP contribution >= 0.6 is 0 Å². The fraction of sp³-hybridized carbons (Fsp3) is 0.500. The largest absolute Gasteiger partial charge is 0.481 e. The van der Waals surface area contributed by atoms with E-state index in [1.165, 1.54) is 12.0 Å². The summed E-state index contributed by atoms with van der Waals surface area (Å²) < 4.78 is 5.06. The summed E-state index contributed by atoms with van der Waals surface area (Å²) in [6.07, 6.45) is 1.25. The highest BCUT2D eigenvalue weighted by molar-refractivity contribution is 6.07. The van der Waals surface area contributed by atoms with Crippen LogP contribution in [0.1, 0.15) is 18.5 Å². The highest BCUT2D eigenvalue weighted by Crippen LogP contribution is 2.27. The number of piperidine rings is 1. The second-order valence-corrected chi connectivity index (χ2v) is 5.32. The predicted octanol–water partition coefficient (Wildman–Crippen LogP) is 0.264. The maximum atomic E-state index is 12.6. The molecule has 0 unspecified atom stereocenters. The first-order chi connectivity index (χ1) is 10.1. The van der Waals surface area contributed by atoms with E-state index < -0.39 is 5.54 Å². The van der Waals surface area contributed by atoms with Crippen molar-refractivity contribution >= 4 is 11.9 Å². The molecule has 0 atom stereocenters. The van der Waals surface area contributed by atoms with Crippen LogP contribution in [0.5, 0.6) is 5.88 Å². The molecule has 21 heavy (non-hydrogen) atoms. The summed E-state index contributed by atoms with van der Waals surface area (Å²) in [4.78, 5) is 30.2. The topological polar surface area (TPSA) is 83.6 Å². The molecule has 3 rings (SSSR count). The van der Waals surface area contributed by atoms with Gasteiger partial charge in [0.25, 0.3) is 5.91 Å². The van der Waals surface area contributed by atoms with Crippen molar-refractivity contribution in [1.82, 2.24) is 20.5 Å². The van der Waals surface area contributed by atoms with Crippen LogP contribution in [0.3, 0.4) is 0 Å². The van der Waals surface area contributed by atoms with Crippen LogP contribution in [0.4, 0.5) is 4.79 Å². The van der Waals surface area contributed by atoms with Crippen LogP contribution in [0.25, 0.3) is 0 Å². The molecule has 2 saturated heterocycles. The molecule has 1 spiro atoms. The van der Waals surface area contributed by atoms with Gasteiger partial charge in [0.05, 0.1) is 19.3 Å². The molecule has 2 aliphatic rings. The number of urea groups is 1. The Morgan fingerprint density at radius 1 is 1.33 bits per heavy atom. The summed E-state index contributed by atoms with van der Waals surface area (Å²) in [5.41, 5.74) is -0.106. The van der Waals surface area contributed by atoms with Crippen LogP contribution in [0.2, 0.25) is 0 Å². The van der Waals surface area contributed by atoms with Gasteiger partial charge < -0.3 is 15.4 Å². The number of ether oxygens (including phenoxy) is 1. The third kappa shape index (κ3) is 2.44. The zero-order valence-electron chi connectivity index (χ0n) is 11.9. The van der Waals surface area contributed by atoms with Gasteiger partial charge in [-0.1, -0.05) is 6.07 Å². The van der Waals surface area contributed by atoms with Crippen molar-refractivity contribution in [3.05, 3.63) is 23.9 Å². The Labute approximate surface area is 122 Å². The molecule has 112 valence electrons. The molecule has 3 amide bonds. The van der Waals surface area contributed by atoms with Crippen molar-refractivity contribution in [1.29, 1.82) is 0 Å². The molecule has 2 N–H and O–H groups in total. The van der Waals surface area contributed by atoms with Crippen LogP contribution < -0.4 is 15.4 Å². The van der Waals surface area contributed by atoms with Crippen molar-refractivity contribution in [2.24, 2.45) is 0 Å². The lowest BCUT2D eigenvalue weighted by Crippen LogP contribution is -2.53. The number of nitrogens with one attached hydrogen (secondary N) is 2. The summed E-state index contributed by atoms with van der Waals surface area (Å²) in [7, 11) is 1.53. The minimum atomic E-state index is -0.735. The molecule has 1 aromatic heterocycles. The SMILES string of the molecule is COc1cccc(CN2C(=O)NC3(CCNCC3)C2=O)n1. The number of nitrogens with zero attached hydrogens (tertiary/aromatic N) is 2. The maximum absolute atomic E-state index is 12.6. The molecule has 7 heteroatoms. The zero-order valence-corrected chi connectivity index (χ0v) is 11.9. The second-order valence-electron chi connectivity index (χ2n) is 5.32. The maximum Gasteiger partial charge on any atom is 0.325 e. The van der Waals surface area contributed by atoms with Gasteiger partial charge in [0.2, 0.25) is 5.88 Å². The summed E-state index contributed by atoms with van der Waals surface area (Å²) in [6.45, 7) is 1.63. The number of pyridine rings is 1. The first-order valence-corrected chi connectivity index (χ1v) is 6.99. The number of methoxy groups -OCH3 is 1. The molecule has 2 fully saturated rings. The summed E-state index contributed by atoms with van der Waals surface area (Å²) in [6, 6.07) is 4.95. The molecular weight excluding hydrogens is 272 g/mol. The predicted molar refractivity (Wildman–Crippen MR) is 74.7 cm³/mol. The van der Waals surface area contributed by atoms with Crippen molar-refractivity contribution < 1.29 is 14.3 Å². The summed E-state index contributed by atoms with van der Waals surface area (Å²) in [5.74, 6) is 0.315. The lowest BCUT2D eigenvalue weighted by molar-refractivity contribution is -0.132. The van der Waals surface area contributed by atoms with Gasteiger partial charge in [-0.05, 0) is 32.0 Å². The summed E-state index contributed by atoms with van der Waals surface area (Å²) >= 11 is 0. The molecule has 0 aliphatic carbocycles. The minimum absolute atomic E-state index is 0.154. The van der Waals surface area contributed by atoms with E-state index in [0.29, 0.717) is 24.4 Å². The molecule has 2 aliphatic heterocycles. The van der Waals surface area contributed by atoms with Gasteiger partial charge in [0.15, 0.2) is 0 Å². The van der Waals surface area contributed by atoms with Crippen LogP contribution in [-0.2, 0) is 11.3 Å². The number of carbonyl (C=O) groups excluding carboxylic acids is 2. The van der Waals surface area contributed by atoms with Crippen LogP contribution in [0.15, 0.2) is 18.2 Å². The smallest absolute Gasteiger partial charge is 0.325 e. The molecule has 3 heterocycles. The van der Waals surface area contributed by atoms with Crippen molar-refractivity contribution in [2.75, 3.05) is 20.2 Å². The average molecular weight is 290 g/mol. The van der Waals surface area contributed by atoms with Gasteiger partial charge in [-0.25, -0.2) is 9.78 Å². The van der Waals surface area contributed by atoms with Crippen LogP contribution in [0, 0.1) is 0 Å². The monoisotopic (exact) mass is 290 g/mol. The quantitative estimate of drug-likeness (QED) is 0.780. The van der Waals surface area contributed by atoms with E-state index in [1.807, 2.05) is 0 Å². The van der Waals surface area contributed by atoms with Crippen molar-refractivity contribution in [2.45, 2.75) is 24.9 Å². The van der Waals surface area contributed by atoms with Gasteiger partial charge in [0.1, 0.15) is 5.54 Å². The number of hydrogen-bond acceptors (Lipinski definition) is 5. The number of hydrogen-bond donors (Lipinski definition) is 2. The zero-order chi connectivity index (χ0) is 14.9. The fourth-order valence-corrected chi connectivity index (χ4v) is 2.83. The number of imide groups is 1. The molecule has 0 aromatic carbocycles. The standard InChI is InChI=1S/C14H18N4O3/c1-21-11-4-2-3-10(16-11)9-18-12(19)14(17-13(18)20)5-7-15-8-6-14/h2-4,15H,5-9H2,1H3,(H,17,20). The van der Waals surface area contributed by atoms with E-state index in [1.54, 1.807) is 18.2 Å². The number of aromatic nitrogens is 1. The van der Waals surface area contributed by atoms with Crippen LogP contribution in [-0.4, -0.2) is 47.6 Å². The highest BCUT2D eigenvalue weighted by atomic mass is 16.5. The Morgan fingerprint density at radius 2 is 2.10 bits per heavy atom. The van der Waals surface area contributed by atoms with Crippen molar-refractivity contribution in [3.8, 4) is 5.88 Å². The molecule has 7 nitrogen and oxygen atoms in total. The molecule has 0 saturated carbocycles. The normalized spacial score (nSPS) is 20.7. The van der Waals surface area contributed by atoms with Gasteiger partial charge in [-0.15, -0.1) is 0 Å². The average Bonchev–Trinajstić information content (AvgIpc) is 2.73. The third-order valence-corrected chi connectivity index (χ3v) is 4.01. The molecular formula is C14H18N4O3. The Hall–Kier alpha value is -2.15. The lowest BCUT2D eigenvalue weighted by atomic mass is 9.88. The van der Waals surface area contributed by atoms with Gasteiger partial charge in [0, 0.05) is 6.07 Å². The van der Waals surface area contributed by atoms with Gasteiger partial charge in [-0.2, -0.15) is 0 Å². The number of carbonyl (C=O) groups is 2. The Bertz CT molecular complexity index is 569. The third-order valence-electron chi connectivity index (χ3n) is 4.01. The van der Waals surface area contributed by atoms with E-state index in [0.717, 1.165) is 13.1 Å². The Balaban J connectivity index is 1.79. The lowest BCUT2D eigenvalue weighted by Gasteiger charge is -2.31. The first-order valence-electron chi connectivity index (χ1n) is 6.99. The second kappa shape index (κ2) is 5.33. The van der Waals surface area contributed by atoms with Crippen molar-refractivity contribution in [3.63, 3.8) is 0 Å². The number of amides is 3. The Kier molecular flexibility index (Phi) is 3.50. The van der Waals surface area contributed by atoms with E-state index >= 15 is 0 Å². The first kappa shape index (κ1) is 13.8. The van der Waals surface area contributed by atoms with E-state index in [2.05, 4.69) is 15.6 Å². The fourth-order valence-electron chi connectivity index (χ4n) is 2.83. The van der Waals surface area contributed by atoms with Gasteiger partial charge >= 0.3 is 6.03 Å². The minimum Gasteiger partial charge on any atom is -0.481 e. The van der Waals surface area contributed by atoms with E-state index in [4.69, 9.17) is 4.74 Å². The van der Waals surface area contributed by atoms with E-state index in [9.17, 15) is 9.59 Å². The number of rotatable bonds is 3.